The lowest BCUT2D eigenvalue weighted by Gasteiger charge is -2.24. The molecular weight excluding hydrogens is 483 g/mol. The third kappa shape index (κ3) is 4.46. The highest BCUT2D eigenvalue weighted by atomic mass is 16.8. The Morgan fingerprint density at radius 2 is 1.84 bits per heavy atom. The normalized spacial score (nSPS) is 25.1. The van der Waals surface area contributed by atoms with Crippen LogP contribution < -0.4 is 14.8 Å². The van der Waals surface area contributed by atoms with Gasteiger partial charge in [0.05, 0.1) is 18.6 Å². The first-order valence-corrected chi connectivity index (χ1v) is 13.1. The van der Waals surface area contributed by atoms with Crippen LogP contribution in [-0.2, 0) is 31.6 Å². The maximum absolute atomic E-state index is 13.5. The summed E-state index contributed by atoms with van der Waals surface area (Å²) in [6.45, 7) is 11.7. The molecule has 3 aromatic rings. The van der Waals surface area contributed by atoms with Crippen molar-refractivity contribution >= 4 is 30.3 Å². The Bertz CT molecular complexity index is 1430. The summed E-state index contributed by atoms with van der Waals surface area (Å²) in [7, 11) is 5.52. The lowest BCUT2D eigenvalue weighted by atomic mass is 9.92. The van der Waals surface area contributed by atoms with Crippen LogP contribution in [0.5, 0.6) is 11.5 Å². The summed E-state index contributed by atoms with van der Waals surface area (Å²) in [5, 5.41) is 14.0. The summed E-state index contributed by atoms with van der Waals surface area (Å²) in [5.41, 5.74) is 3.10. The molecule has 2 radical (unpaired) electrons. The molecule has 9 heteroatoms. The average molecular weight is 516 g/mol. The highest BCUT2D eigenvalue weighted by molar-refractivity contribution is 6.12. The van der Waals surface area contributed by atoms with Crippen molar-refractivity contribution in [2.45, 2.75) is 82.6 Å². The van der Waals surface area contributed by atoms with Crippen molar-refractivity contribution in [2.75, 3.05) is 11.9 Å². The van der Waals surface area contributed by atoms with Gasteiger partial charge in [-0.15, -0.1) is 0 Å². The number of ether oxygens (including phenoxy) is 4. The highest BCUT2D eigenvalue weighted by Gasteiger charge is 2.52. The van der Waals surface area contributed by atoms with Crippen molar-refractivity contribution in [1.82, 2.24) is 4.57 Å². The van der Waals surface area contributed by atoms with Crippen LogP contribution in [0.15, 0.2) is 42.5 Å². The number of carbonyl (C=O) groups is 1. The van der Waals surface area contributed by atoms with E-state index in [1.165, 1.54) is 5.69 Å². The summed E-state index contributed by atoms with van der Waals surface area (Å²) in [5.74, 6) is -2.17. The van der Waals surface area contributed by atoms with Gasteiger partial charge in [-0.2, -0.15) is 0 Å². The minimum Gasteiger partial charge on any atom is -0.435 e. The Kier molecular flexibility index (Phi) is 5.49. The topological polar surface area (TPSA) is 91.2 Å². The van der Waals surface area contributed by atoms with Crippen molar-refractivity contribution in [2.24, 2.45) is 0 Å². The van der Waals surface area contributed by atoms with E-state index in [1.807, 2.05) is 32.0 Å². The molecule has 2 aliphatic heterocycles. The van der Waals surface area contributed by atoms with E-state index in [2.05, 4.69) is 42.8 Å². The number of amides is 1. The molecule has 1 saturated carbocycles. The molecule has 1 aliphatic carbocycles. The predicted molar refractivity (Wildman–Crippen MR) is 143 cm³/mol. The molecule has 1 unspecified atom stereocenters. The molecule has 0 spiro atoms. The molecule has 8 nitrogen and oxygen atoms in total. The molecule has 198 valence electrons. The quantitative estimate of drug-likeness (QED) is 0.492. The number of benzene rings is 2. The van der Waals surface area contributed by atoms with Gasteiger partial charge in [-0.1, -0.05) is 26.8 Å². The molecule has 2 N–H and O–H groups in total. The van der Waals surface area contributed by atoms with Gasteiger partial charge in [0.15, 0.2) is 17.3 Å². The summed E-state index contributed by atoms with van der Waals surface area (Å²) in [4.78, 5) is 13.5. The minimum atomic E-state index is -2.19. The van der Waals surface area contributed by atoms with Crippen molar-refractivity contribution in [1.29, 1.82) is 0 Å². The van der Waals surface area contributed by atoms with Crippen LogP contribution in [0.2, 0.25) is 0 Å². The van der Waals surface area contributed by atoms with Gasteiger partial charge in [-0.25, -0.2) is 0 Å². The lowest BCUT2D eigenvalue weighted by Crippen LogP contribution is -2.38. The molecule has 2 aromatic carbocycles. The molecule has 1 aromatic heterocycles. The number of anilines is 1. The van der Waals surface area contributed by atoms with Crippen molar-refractivity contribution in [3.05, 3.63) is 53.7 Å². The molecule has 0 bridgehead atoms. The monoisotopic (exact) mass is 516 g/mol. The molecule has 3 aliphatic rings. The maximum atomic E-state index is 13.5. The first kappa shape index (κ1) is 25.3. The Hall–Kier alpha value is -3.01. The molecule has 2 fully saturated rings. The van der Waals surface area contributed by atoms with E-state index < -0.39 is 17.1 Å². The number of carbonyl (C=O) groups excluding carboxylic acids is 1. The second-order valence-electron chi connectivity index (χ2n) is 12.1. The zero-order valence-electron chi connectivity index (χ0n) is 22.5. The average Bonchev–Trinajstić information content (AvgIpc) is 3.32. The zero-order valence-corrected chi connectivity index (χ0v) is 22.5. The SMILES string of the molecule is [B]C1(O)Oc2ccc(C3(C(=O)Nc4ccc5c(c4)cc(C(C)(C)C)n5C[C@@H]4COC(C)(C)O4)CC3)cc2O1. The number of fused-ring (bicyclic) bond motifs is 2. The first-order chi connectivity index (χ1) is 17.7. The summed E-state index contributed by atoms with van der Waals surface area (Å²) in [6.07, 6.45) is 1.41. The van der Waals surface area contributed by atoms with Crippen LogP contribution in [0.1, 0.15) is 58.7 Å². The molecule has 1 saturated heterocycles. The van der Waals surface area contributed by atoms with Gasteiger partial charge in [0, 0.05) is 27.7 Å². The minimum absolute atomic E-state index is 0.0345. The van der Waals surface area contributed by atoms with E-state index in [0.717, 1.165) is 35.0 Å². The number of hydrogen-bond donors (Lipinski definition) is 2. The molecule has 3 heterocycles. The fourth-order valence-electron chi connectivity index (χ4n) is 5.55. The van der Waals surface area contributed by atoms with Gasteiger partial charge in [0.1, 0.15) is 6.10 Å². The smallest absolute Gasteiger partial charge is 0.302 e. The van der Waals surface area contributed by atoms with Gasteiger partial charge in [-0.05, 0) is 68.7 Å². The fourth-order valence-corrected chi connectivity index (χ4v) is 5.55. The molecule has 2 atom stereocenters. The van der Waals surface area contributed by atoms with Crippen molar-refractivity contribution < 1.29 is 28.8 Å². The zero-order chi connectivity index (χ0) is 27.1. The van der Waals surface area contributed by atoms with Gasteiger partial charge in [0.2, 0.25) is 13.8 Å². The second-order valence-corrected chi connectivity index (χ2v) is 12.1. The Labute approximate surface area is 223 Å². The summed E-state index contributed by atoms with van der Waals surface area (Å²) >= 11 is 0. The number of aliphatic hydroxyl groups is 1. The van der Waals surface area contributed by atoms with Crippen LogP contribution in [0, 0.1) is 0 Å². The fraction of sp³-hybridized carbons (Fsp3) is 0.483. The maximum Gasteiger partial charge on any atom is 0.302 e. The van der Waals surface area contributed by atoms with Gasteiger partial charge in [-0.3, -0.25) is 4.79 Å². The van der Waals surface area contributed by atoms with Crippen molar-refractivity contribution in [3.63, 3.8) is 0 Å². The van der Waals surface area contributed by atoms with E-state index in [4.69, 9.17) is 26.8 Å². The summed E-state index contributed by atoms with van der Waals surface area (Å²) in [6, 6.07) is 13.5. The van der Waals surface area contributed by atoms with E-state index in [-0.39, 0.29) is 17.4 Å². The van der Waals surface area contributed by atoms with Crippen LogP contribution in [0.3, 0.4) is 0 Å². The predicted octanol–water partition coefficient (Wildman–Crippen LogP) is 4.30. The van der Waals surface area contributed by atoms with E-state index in [1.54, 1.807) is 12.1 Å². The third-order valence-corrected chi connectivity index (χ3v) is 7.57. The molecule has 6 rings (SSSR count). The van der Waals surface area contributed by atoms with E-state index in [9.17, 15) is 9.90 Å². The summed E-state index contributed by atoms with van der Waals surface area (Å²) < 4.78 is 24.6. The van der Waals surface area contributed by atoms with Crippen LogP contribution >= 0.6 is 0 Å². The van der Waals surface area contributed by atoms with Gasteiger partial charge in [0.25, 0.3) is 0 Å². The lowest BCUT2D eigenvalue weighted by molar-refractivity contribution is -0.178. The van der Waals surface area contributed by atoms with Gasteiger partial charge >= 0.3 is 5.87 Å². The largest absolute Gasteiger partial charge is 0.435 e. The standard InChI is InChI=1S/C29H33BN2O6/c1-26(2,3)24-13-17-12-19(7-8-21(17)32(24)15-20-16-35-27(4,5)36-20)31-25(33)28(10-11-28)18-6-9-22-23(14-18)38-29(30,34)37-22/h6-9,12-14,20,34H,10-11,15-16H2,1-5H3,(H,31,33)/t20-,29?/m1/s1. The second kappa shape index (κ2) is 8.25. The van der Waals surface area contributed by atoms with Crippen LogP contribution in [0.4, 0.5) is 5.69 Å². The van der Waals surface area contributed by atoms with Gasteiger partial charge < -0.3 is 33.9 Å². The molecular formula is C29H33BN2O6. The van der Waals surface area contributed by atoms with Crippen LogP contribution in [0.25, 0.3) is 10.9 Å². The number of hydrogen-bond acceptors (Lipinski definition) is 6. The Morgan fingerprint density at radius 1 is 1.11 bits per heavy atom. The highest BCUT2D eigenvalue weighted by Crippen LogP contribution is 2.51. The molecule has 1 amide bonds. The Balaban J connectivity index is 1.26. The van der Waals surface area contributed by atoms with Crippen LogP contribution in [-0.4, -0.2) is 47.8 Å². The first-order valence-electron chi connectivity index (χ1n) is 13.1. The Morgan fingerprint density at radius 3 is 2.50 bits per heavy atom. The number of rotatable bonds is 5. The van der Waals surface area contributed by atoms with Crippen molar-refractivity contribution in [3.8, 4) is 11.5 Å². The number of aromatic nitrogens is 1. The molecule has 38 heavy (non-hydrogen) atoms. The van der Waals surface area contributed by atoms with E-state index >= 15 is 0 Å². The third-order valence-electron chi connectivity index (χ3n) is 7.57. The number of nitrogens with zero attached hydrogens (tertiary/aromatic N) is 1. The van der Waals surface area contributed by atoms with E-state index in [0.29, 0.717) is 24.7 Å². The number of nitrogens with one attached hydrogen (secondary N) is 1.